The van der Waals surface area contributed by atoms with Crippen LogP contribution in [0, 0.1) is 5.82 Å². The van der Waals surface area contributed by atoms with Crippen LogP contribution < -0.4 is 5.84 Å². The van der Waals surface area contributed by atoms with Crippen molar-refractivity contribution in [1.29, 1.82) is 0 Å². The lowest BCUT2D eigenvalue weighted by Gasteiger charge is -2.14. The van der Waals surface area contributed by atoms with Crippen molar-refractivity contribution in [3.63, 3.8) is 0 Å². The zero-order valence-electron chi connectivity index (χ0n) is 16.3. The minimum Gasteiger partial charge on any atom is -0.464 e. The third kappa shape index (κ3) is 4.37. The summed E-state index contributed by atoms with van der Waals surface area (Å²) in [4.78, 5) is 20.0. The number of hydrogen-bond acceptors (Lipinski definition) is 5. The summed E-state index contributed by atoms with van der Waals surface area (Å²) in [5, 5.41) is 0. The number of allylic oxidation sites excluding steroid dienone is 1. The smallest absolute Gasteiger partial charge is 0.358 e. The number of aromatic nitrogens is 4. The van der Waals surface area contributed by atoms with Crippen LogP contribution >= 0.6 is 0 Å². The molecule has 0 spiro atoms. The number of carbonyl (C=O) groups excluding carboxylic acids is 1. The van der Waals surface area contributed by atoms with Crippen LogP contribution in [-0.4, -0.2) is 38.7 Å². The van der Waals surface area contributed by atoms with Crippen molar-refractivity contribution >= 4 is 12.0 Å². The van der Waals surface area contributed by atoms with Crippen LogP contribution in [0.3, 0.4) is 0 Å². The van der Waals surface area contributed by atoms with E-state index in [9.17, 15) is 18.0 Å². The van der Waals surface area contributed by atoms with Crippen molar-refractivity contribution in [1.82, 2.24) is 19.2 Å². The Kier molecular flexibility index (Phi) is 6.24. The number of ether oxygens (including phenoxy) is 1. The Morgan fingerprint density at radius 2 is 1.97 bits per heavy atom. The third-order valence-corrected chi connectivity index (χ3v) is 4.52. The van der Waals surface area contributed by atoms with Crippen molar-refractivity contribution in [2.24, 2.45) is 0 Å². The minimum atomic E-state index is -2.57. The van der Waals surface area contributed by atoms with E-state index in [1.807, 2.05) is 0 Å². The van der Waals surface area contributed by atoms with E-state index in [-0.39, 0.29) is 17.4 Å². The average molecular weight is 419 g/mol. The average Bonchev–Trinajstić information content (AvgIpc) is 3.29. The standard InChI is InChI=1S/C20H20F3N5O2/c1-12(3-8-17-25-9-15(28(17)24)20(29)30-2)19-18(13-4-6-14(21)7-5-13)26-11-27(19)10-16(22)23/h3-9,11-12,16H,10,24H2,1-2H3/b8-3-. The first-order valence-electron chi connectivity index (χ1n) is 9.00. The molecule has 3 aromatic rings. The summed E-state index contributed by atoms with van der Waals surface area (Å²) >= 11 is 0. The van der Waals surface area contributed by atoms with Gasteiger partial charge in [0.15, 0.2) is 11.5 Å². The van der Waals surface area contributed by atoms with Gasteiger partial charge in [-0.05, 0) is 30.3 Å². The number of rotatable bonds is 7. The summed E-state index contributed by atoms with van der Waals surface area (Å²) in [5.41, 5.74) is 1.67. The zero-order valence-corrected chi connectivity index (χ0v) is 16.3. The summed E-state index contributed by atoms with van der Waals surface area (Å²) in [6, 6.07) is 5.65. The van der Waals surface area contributed by atoms with E-state index >= 15 is 0 Å². The summed E-state index contributed by atoms with van der Waals surface area (Å²) in [6.45, 7) is 1.27. The van der Waals surface area contributed by atoms with E-state index < -0.39 is 24.8 Å². The summed E-state index contributed by atoms with van der Waals surface area (Å²) < 4.78 is 46.5. The maximum Gasteiger partial charge on any atom is 0.358 e. The van der Waals surface area contributed by atoms with Gasteiger partial charge in [0.05, 0.1) is 37.6 Å². The molecule has 7 nitrogen and oxygen atoms in total. The highest BCUT2D eigenvalue weighted by molar-refractivity contribution is 5.87. The second kappa shape index (κ2) is 8.85. The van der Waals surface area contributed by atoms with Crippen molar-refractivity contribution in [3.8, 4) is 11.3 Å². The molecule has 0 fully saturated rings. The quantitative estimate of drug-likeness (QED) is 0.468. The molecule has 158 valence electrons. The van der Waals surface area contributed by atoms with Crippen LogP contribution in [0.1, 0.15) is 34.8 Å². The van der Waals surface area contributed by atoms with Gasteiger partial charge in [-0.2, -0.15) is 0 Å². The number of imidazole rings is 2. The maximum atomic E-state index is 13.3. The van der Waals surface area contributed by atoms with Crippen molar-refractivity contribution in [2.75, 3.05) is 13.0 Å². The third-order valence-electron chi connectivity index (χ3n) is 4.52. The van der Waals surface area contributed by atoms with Crippen LogP contribution in [0.2, 0.25) is 0 Å². The van der Waals surface area contributed by atoms with Crippen LogP contribution in [0.4, 0.5) is 13.2 Å². The van der Waals surface area contributed by atoms with Crippen LogP contribution in [-0.2, 0) is 11.3 Å². The zero-order chi connectivity index (χ0) is 21.8. The molecule has 0 saturated heterocycles. The fraction of sp³-hybridized carbons (Fsp3) is 0.250. The van der Waals surface area contributed by atoms with Gasteiger partial charge < -0.3 is 15.1 Å². The molecule has 0 aliphatic rings. The maximum absolute atomic E-state index is 13.3. The Bertz CT molecular complexity index is 1060. The molecular formula is C20H20F3N5O2. The van der Waals surface area contributed by atoms with E-state index in [2.05, 4.69) is 14.7 Å². The number of alkyl halides is 2. The number of hydrogen-bond donors (Lipinski definition) is 1. The van der Waals surface area contributed by atoms with Gasteiger partial charge in [-0.3, -0.25) is 0 Å². The molecule has 1 unspecified atom stereocenters. The molecule has 2 N–H and O–H groups in total. The van der Waals surface area contributed by atoms with Crippen LogP contribution in [0.5, 0.6) is 0 Å². The predicted octanol–water partition coefficient (Wildman–Crippen LogP) is 3.47. The molecular weight excluding hydrogens is 399 g/mol. The molecule has 2 aromatic heterocycles. The number of nitrogens with two attached hydrogens (primary N) is 1. The normalized spacial score (nSPS) is 12.6. The van der Waals surface area contributed by atoms with E-state index in [1.54, 1.807) is 31.2 Å². The van der Waals surface area contributed by atoms with Gasteiger partial charge in [0.2, 0.25) is 0 Å². The van der Waals surface area contributed by atoms with Crippen LogP contribution in [0.15, 0.2) is 42.9 Å². The van der Waals surface area contributed by atoms with Gasteiger partial charge in [0, 0.05) is 11.5 Å². The molecule has 0 aliphatic heterocycles. The fourth-order valence-corrected chi connectivity index (χ4v) is 3.07. The Hall–Kier alpha value is -3.56. The molecule has 0 bridgehead atoms. The van der Waals surface area contributed by atoms with Gasteiger partial charge in [0.1, 0.15) is 5.82 Å². The molecule has 1 atom stereocenters. The highest BCUT2D eigenvalue weighted by Gasteiger charge is 2.20. The summed E-state index contributed by atoms with van der Waals surface area (Å²) in [5.74, 6) is 4.74. The van der Waals surface area contributed by atoms with E-state index in [0.717, 1.165) is 4.68 Å². The van der Waals surface area contributed by atoms with E-state index in [1.165, 1.54) is 36.3 Å². The number of nitrogen functional groups attached to an aromatic ring is 1. The SMILES string of the molecule is COC(=O)c1cnc(/C=C\C(C)c2c(-c3ccc(F)cc3)ncn2CC(F)F)n1N. The summed E-state index contributed by atoms with van der Waals surface area (Å²) in [6.07, 6.45) is 3.33. The number of methoxy groups -OCH3 is 1. The molecule has 0 radical (unpaired) electrons. The topological polar surface area (TPSA) is 88.0 Å². The lowest BCUT2D eigenvalue weighted by Crippen LogP contribution is -2.18. The fourth-order valence-electron chi connectivity index (χ4n) is 3.07. The number of carbonyl (C=O) groups is 1. The van der Waals surface area contributed by atoms with Crippen molar-refractivity contribution in [3.05, 3.63) is 65.9 Å². The number of benzene rings is 1. The monoisotopic (exact) mass is 419 g/mol. The Morgan fingerprint density at radius 1 is 1.27 bits per heavy atom. The molecule has 1 aromatic carbocycles. The molecule has 0 amide bonds. The number of nitrogens with zero attached hydrogens (tertiary/aromatic N) is 4. The first-order valence-corrected chi connectivity index (χ1v) is 9.00. The van der Waals surface area contributed by atoms with Gasteiger partial charge >= 0.3 is 5.97 Å². The van der Waals surface area contributed by atoms with Gasteiger partial charge in [0.25, 0.3) is 6.43 Å². The highest BCUT2D eigenvalue weighted by Crippen LogP contribution is 2.30. The minimum absolute atomic E-state index is 0.0690. The lowest BCUT2D eigenvalue weighted by atomic mass is 10.0. The lowest BCUT2D eigenvalue weighted by molar-refractivity contribution is 0.0590. The van der Waals surface area contributed by atoms with Crippen molar-refractivity contribution < 1.29 is 22.7 Å². The Morgan fingerprint density at radius 3 is 2.60 bits per heavy atom. The Labute approximate surface area is 170 Å². The number of halogens is 3. The first-order chi connectivity index (χ1) is 14.3. The Balaban J connectivity index is 1.96. The van der Waals surface area contributed by atoms with E-state index in [0.29, 0.717) is 17.0 Å². The second-order valence-corrected chi connectivity index (χ2v) is 6.54. The molecule has 2 heterocycles. The van der Waals surface area contributed by atoms with Crippen molar-refractivity contribution in [2.45, 2.75) is 25.8 Å². The second-order valence-electron chi connectivity index (χ2n) is 6.54. The predicted molar refractivity (Wildman–Crippen MR) is 105 cm³/mol. The number of esters is 1. The summed E-state index contributed by atoms with van der Waals surface area (Å²) in [7, 11) is 1.23. The van der Waals surface area contributed by atoms with E-state index in [4.69, 9.17) is 5.84 Å². The van der Waals surface area contributed by atoms with Gasteiger partial charge in [-0.1, -0.05) is 13.0 Å². The highest BCUT2D eigenvalue weighted by atomic mass is 19.3. The van der Waals surface area contributed by atoms with Gasteiger partial charge in [-0.25, -0.2) is 32.6 Å². The molecule has 0 saturated carbocycles. The first kappa shape index (κ1) is 21.2. The largest absolute Gasteiger partial charge is 0.464 e. The molecule has 30 heavy (non-hydrogen) atoms. The molecule has 0 aliphatic carbocycles. The molecule has 10 heteroatoms. The van der Waals surface area contributed by atoms with Gasteiger partial charge in [-0.15, -0.1) is 0 Å². The molecule has 3 rings (SSSR count). The van der Waals surface area contributed by atoms with Crippen LogP contribution in [0.25, 0.3) is 17.3 Å².